The van der Waals surface area contributed by atoms with Crippen LogP contribution in [0.5, 0.6) is 0 Å². The largest absolute Gasteiger partial charge is 0.311 e. The standard InChI is InChI=1S/C17H24N2O3S/c1-4-5-8-18(3)23(21,22)14-10-13-7-6-9-19-16(13)15(11-14)12(2)17(19)20/h10-12H,4-9H2,1-3H3/t12-/m1/s1. The van der Waals surface area contributed by atoms with Crippen LogP contribution in [0.25, 0.3) is 0 Å². The number of benzene rings is 1. The third kappa shape index (κ3) is 2.58. The molecule has 5 nitrogen and oxygen atoms in total. The number of aryl methyl sites for hydroxylation is 1. The van der Waals surface area contributed by atoms with Gasteiger partial charge >= 0.3 is 0 Å². The van der Waals surface area contributed by atoms with Gasteiger partial charge in [-0.25, -0.2) is 12.7 Å². The minimum Gasteiger partial charge on any atom is -0.311 e. The summed E-state index contributed by atoms with van der Waals surface area (Å²) >= 11 is 0. The molecule has 2 aliphatic rings. The van der Waals surface area contributed by atoms with Crippen LogP contribution in [-0.2, 0) is 21.2 Å². The topological polar surface area (TPSA) is 57.7 Å². The molecule has 0 fully saturated rings. The Balaban J connectivity index is 2.05. The molecule has 0 N–H and O–H groups in total. The maximum Gasteiger partial charge on any atom is 0.242 e. The molecule has 0 aliphatic carbocycles. The Bertz CT molecular complexity index is 742. The fourth-order valence-electron chi connectivity index (χ4n) is 3.50. The van der Waals surface area contributed by atoms with E-state index in [1.807, 2.05) is 18.7 Å². The van der Waals surface area contributed by atoms with Crippen molar-refractivity contribution in [1.29, 1.82) is 0 Å². The Kier molecular flexibility index (Phi) is 4.23. The number of amides is 1. The van der Waals surface area contributed by atoms with Gasteiger partial charge in [-0.1, -0.05) is 13.3 Å². The first-order valence-electron chi connectivity index (χ1n) is 8.32. The second kappa shape index (κ2) is 5.91. The summed E-state index contributed by atoms with van der Waals surface area (Å²) < 4.78 is 27.1. The fourth-order valence-corrected chi connectivity index (χ4v) is 4.79. The average Bonchev–Trinajstić information content (AvgIpc) is 2.79. The lowest BCUT2D eigenvalue weighted by Crippen LogP contribution is -2.32. The number of carbonyl (C=O) groups is 1. The maximum atomic E-state index is 12.8. The first-order chi connectivity index (χ1) is 10.9. The van der Waals surface area contributed by atoms with Crippen molar-refractivity contribution in [2.24, 2.45) is 0 Å². The summed E-state index contributed by atoms with van der Waals surface area (Å²) in [5, 5.41) is 0. The van der Waals surface area contributed by atoms with E-state index >= 15 is 0 Å². The highest BCUT2D eigenvalue weighted by Crippen LogP contribution is 2.44. The van der Waals surface area contributed by atoms with Crippen LogP contribution in [0, 0.1) is 0 Å². The third-order valence-corrected chi connectivity index (χ3v) is 6.76. The van der Waals surface area contributed by atoms with E-state index in [1.165, 1.54) is 4.31 Å². The van der Waals surface area contributed by atoms with Crippen LogP contribution in [0.2, 0.25) is 0 Å². The fraction of sp³-hybridized carbons (Fsp3) is 0.588. The van der Waals surface area contributed by atoms with Crippen molar-refractivity contribution in [2.45, 2.75) is 50.3 Å². The minimum atomic E-state index is -3.50. The second-order valence-corrected chi connectivity index (χ2v) is 8.56. The molecule has 6 heteroatoms. The Hall–Kier alpha value is -1.40. The van der Waals surface area contributed by atoms with E-state index in [1.54, 1.807) is 19.2 Å². The lowest BCUT2D eigenvalue weighted by Gasteiger charge is -2.26. The van der Waals surface area contributed by atoms with Gasteiger partial charge in [0, 0.05) is 20.1 Å². The predicted octanol–water partition coefficient (Wildman–Crippen LogP) is 2.50. The summed E-state index contributed by atoms with van der Waals surface area (Å²) in [4.78, 5) is 14.5. The monoisotopic (exact) mass is 336 g/mol. The number of unbranched alkanes of at least 4 members (excludes halogenated alkanes) is 1. The smallest absolute Gasteiger partial charge is 0.242 e. The van der Waals surface area contributed by atoms with Crippen molar-refractivity contribution in [2.75, 3.05) is 25.0 Å². The van der Waals surface area contributed by atoms with Gasteiger partial charge in [0.15, 0.2) is 0 Å². The van der Waals surface area contributed by atoms with Gasteiger partial charge in [-0.2, -0.15) is 0 Å². The Morgan fingerprint density at radius 3 is 2.78 bits per heavy atom. The van der Waals surface area contributed by atoms with Crippen LogP contribution < -0.4 is 4.90 Å². The first kappa shape index (κ1) is 16.5. The molecule has 0 saturated heterocycles. The molecular formula is C17H24N2O3S. The normalized spacial score (nSPS) is 20.3. The van der Waals surface area contributed by atoms with E-state index in [-0.39, 0.29) is 11.8 Å². The van der Waals surface area contributed by atoms with E-state index in [4.69, 9.17) is 0 Å². The molecule has 0 radical (unpaired) electrons. The number of anilines is 1. The predicted molar refractivity (Wildman–Crippen MR) is 90.3 cm³/mol. The van der Waals surface area contributed by atoms with Crippen LogP contribution in [0.3, 0.4) is 0 Å². The zero-order valence-corrected chi connectivity index (χ0v) is 14.8. The van der Waals surface area contributed by atoms with Gasteiger partial charge in [-0.15, -0.1) is 0 Å². The van der Waals surface area contributed by atoms with E-state index in [0.717, 1.165) is 49.0 Å². The van der Waals surface area contributed by atoms with E-state index in [9.17, 15) is 13.2 Å². The summed E-state index contributed by atoms with van der Waals surface area (Å²) in [6.45, 7) is 5.17. The number of nitrogens with zero attached hydrogens (tertiary/aromatic N) is 2. The van der Waals surface area contributed by atoms with Crippen LogP contribution >= 0.6 is 0 Å². The summed E-state index contributed by atoms with van der Waals surface area (Å²) in [6, 6.07) is 3.48. The van der Waals surface area contributed by atoms with Gasteiger partial charge in [0.05, 0.1) is 16.5 Å². The molecule has 1 atom stereocenters. The molecule has 2 heterocycles. The van der Waals surface area contributed by atoms with Crippen LogP contribution in [-0.4, -0.2) is 38.8 Å². The molecule has 1 aromatic rings. The minimum absolute atomic E-state index is 0.0924. The molecule has 2 aliphatic heterocycles. The quantitative estimate of drug-likeness (QED) is 0.830. The molecule has 0 spiro atoms. The van der Waals surface area contributed by atoms with E-state index in [0.29, 0.717) is 11.4 Å². The van der Waals surface area contributed by atoms with Crippen molar-refractivity contribution in [1.82, 2.24) is 4.31 Å². The molecule has 0 unspecified atom stereocenters. The Morgan fingerprint density at radius 1 is 1.35 bits per heavy atom. The second-order valence-electron chi connectivity index (χ2n) is 6.52. The van der Waals surface area contributed by atoms with E-state index < -0.39 is 10.0 Å². The summed E-state index contributed by atoms with van der Waals surface area (Å²) in [7, 11) is -1.87. The van der Waals surface area contributed by atoms with Crippen LogP contribution in [0.1, 0.15) is 50.2 Å². The highest BCUT2D eigenvalue weighted by Gasteiger charge is 2.39. The molecule has 0 bridgehead atoms. The van der Waals surface area contributed by atoms with Crippen molar-refractivity contribution in [3.05, 3.63) is 23.3 Å². The number of carbonyl (C=O) groups excluding carboxylic acids is 1. The number of rotatable bonds is 5. The zero-order valence-electron chi connectivity index (χ0n) is 14.0. The van der Waals surface area contributed by atoms with Crippen molar-refractivity contribution < 1.29 is 13.2 Å². The van der Waals surface area contributed by atoms with Gasteiger partial charge in [-0.3, -0.25) is 4.79 Å². The molecule has 126 valence electrons. The van der Waals surface area contributed by atoms with E-state index in [2.05, 4.69) is 0 Å². The van der Waals surface area contributed by atoms with Crippen LogP contribution in [0.15, 0.2) is 17.0 Å². The van der Waals surface area contributed by atoms with Gasteiger partial charge in [0.25, 0.3) is 0 Å². The highest BCUT2D eigenvalue weighted by atomic mass is 32.2. The van der Waals surface area contributed by atoms with Gasteiger partial charge < -0.3 is 4.90 Å². The van der Waals surface area contributed by atoms with Gasteiger partial charge in [0.2, 0.25) is 15.9 Å². The van der Waals surface area contributed by atoms with Crippen molar-refractivity contribution in [3.8, 4) is 0 Å². The summed E-state index contributed by atoms with van der Waals surface area (Å²) in [6.07, 6.45) is 3.52. The number of sulfonamides is 1. The molecule has 23 heavy (non-hydrogen) atoms. The van der Waals surface area contributed by atoms with Crippen LogP contribution in [0.4, 0.5) is 5.69 Å². The molecular weight excluding hydrogens is 312 g/mol. The number of hydrogen-bond donors (Lipinski definition) is 0. The third-order valence-electron chi connectivity index (χ3n) is 4.93. The SMILES string of the molecule is CCCCN(C)S(=O)(=O)c1cc2c3c(c1)[C@@H](C)C(=O)N3CCC2. The lowest BCUT2D eigenvalue weighted by atomic mass is 9.97. The van der Waals surface area contributed by atoms with Gasteiger partial charge in [-0.05, 0) is 49.4 Å². The summed E-state index contributed by atoms with van der Waals surface area (Å²) in [5.41, 5.74) is 2.83. The molecule has 1 amide bonds. The maximum absolute atomic E-state index is 12.8. The molecule has 0 aromatic heterocycles. The Morgan fingerprint density at radius 2 is 2.09 bits per heavy atom. The Labute approximate surface area is 138 Å². The lowest BCUT2D eigenvalue weighted by molar-refractivity contribution is -0.119. The average molecular weight is 336 g/mol. The van der Waals surface area contributed by atoms with Crippen molar-refractivity contribution in [3.63, 3.8) is 0 Å². The molecule has 1 aromatic carbocycles. The highest BCUT2D eigenvalue weighted by molar-refractivity contribution is 7.89. The molecule has 0 saturated carbocycles. The zero-order chi connectivity index (χ0) is 16.8. The summed E-state index contributed by atoms with van der Waals surface area (Å²) in [5.74, 6) is -0.159. The van der Waals surface area contributed by atoms with Crippen molar-refractivity contribution >= 4 is 21.6 Å². The molecule has 3 rings (SSSR count). The van der Waals surface area contributed by atoms with Gasteiger partial charge in [0.1, 0.15) is 0 Å². The first-order valence-corrected chi connectivity index (χ1v) is 9.76. The number of hydrogen-bond acceptors (Lipinski definition) is 3.